The third kappa shape index (κ3) is 7.14. The van der Waals surface area contributed by atoms with Crippen molar-refractivity contribution in [3.05, 3.63) is 41.2 Å². The number of allylic oxidation sites excluding steroid dienone is 2. The summed E-state index contributed by atoms with van der Waals surface area (Å²) in [5.74, 6) is 6.27. The fourth-order valence-corrected chi connectivity index (χ4v) is 9.20. The molecule has 0 radical (unpaired) electrons. The summed E-state index contributed by atoms with van der Waals surface area (Å²) in [6, 6.07) is 6.33. The van der Waals surface area contributed by atoms with E-state index < -0.39 is 0 Å². The van der Waals surface area contributed by atoms with Crippen molar-refractivity contribution < 1.29 is 4.39 Å². The topological polar surface area (TPSA) is 0 Å². The van der Waals surface area contributed by atoms with E-state index in [1.807, 2.05) is 6.07 Å². The molecule has 0 nitrogen and oxygen atoms in total. The molecular formula is C37H57F. The molecule has 3 saturated carbocycles. The third-order valence-corrected chi connectivity index (χ3v) is 11.9. The van der Waals surface area contributed by atoms with Gasteiger partial charge in [-0.15, -0.1) is 0 Å². The Balaban J connectivity index is 1.08. The van der Waals surface area contributed by atoms with Gasteiger partial charge in [0.25, 0.3) is 0 Å². The summed E-state index contributed by atoms with van der Waals surface area (Å²) in [4.78, 5) is 0. The van der Waals surface area contributed by atoms with Gasteiger partial charge >= 0.3 is 0 Å². The van der Waals surface area contributed by atoms with Crippen LogP contribution in [-0.4, -0.2) is 0 Å². The summed E-state index contributed by atoms with van der Waals surface area (Å²) in [7, 11) is 0. The molecule has 0 aliphatic heterocycles. The zero-order valence-corrected chi connectivity index (χ0v) is 24.9. The normalized spacial score (nSPS) is 34.6. The minimum atomic E-state index is 0.0409. The number of benzene rings is 1. The molecule has 1 heteroatoms. The minimum absolute atomic E-state index is 0.0409. The first-order valence-corrected chi connectivity index (χ1v) is 17.1. The molecular weight excluding hydrogens is 463 g/mol. The Bertz CT molecular complexity index is 874. The Morgan fingerprint density at radius 1 is 0.684 bits per heavy atom. The van der Waals surface area contributed by atoms with Gasteiger partial charge in [0.05, 0.1) is 0 Å². The van der Waals surface area contributed by atoms with Crippen LogP contribution in [0.25, 0.3) is 5.57 Å². The van der Waals surface area contributed by atoms with Crippen molar-refractivity contribution in [2.75, 3.05) is 0 Å². The SMILES string of the molecule is CCCCCC1CCC(C2CCC(c3ccc(C4=CCC(C5CCC(CC)CC5)CC4)c(F)c3)CC2)CC1. The zero-order chi connectivity index (χ0) is 26.3. The summed E-state index contributed by atoms with van der Waals surface area (Å²) < 4.78 is 15.4. The lowest BCUT2D eigenvalue weighted by Crippen LogP contribution is -2.25. The Morgan fingerprint density at radius 3 is 1.89 bits per heavy atom. The highest BCUT2D eigenvalue weighted by Crippen LogP contribution is 2.46. The fraction of sp³-hybridized carbons (Fsp3) is 0.784. The van der Waals surface area contributed by atoms with Crippen LogP contribution in [0.3, 0.4) is 0 Å². The van der Waals surface area contributed by atoms with Crippen molar-refractivity contribution in [1.29, 1.82) is 0 Å². The van der Waals surface area contributed by atoms with Crippen LogP contribution < -0.4 is 0 Å². The highest BCUT2D eigenvalue weighted by Gasteiger charge is 2.32. The van der Waals surface area contributed by atoms with Gasteiger partial charge in [-0.1, -0.05) is 89.8 Å². The molecule has 1 aromatic rings. The third-order valence-electron chi connectivity index (χ3n) is 11.9. The molecule has 38 heavy (non-hydrogen) atoms. The van der Waals surface area contributed by atoms with Gasteiger partial charge in [0.15, 0.2) is 0 Å². The van der Waals surface area contributed by atoms with Crippen molar-refractivity contribution in [2.24, 2.45) is 35.5 Å². The van der Waals surface area contributed by atoms with E-state index in [-0.39, 0.29) is 5.82 Å². The van der Waals surface area contributed by atoms with Gasteiger partial charge in [0.1, 0.15) is 5.82 Å². The van der Waals surface area contributed by atoms with Crippen molar-refractivity contribution >= 4 is 5.57 Å². The summed E-state index contributed by atoms with van der Waals surface area (Å²) in [5.41, 5.74) is 3.44. The molecule has 0 saturated heterocycles. The molecule has 1 aromatic carbocycles. The van der Waals surface area contributed by atoms with Crippen LogP contribution >= 0.6 is 0 Å². The van der Waals surface area contributed by atoms with Gasteiger partial charge in [-0.3, -0.25) is 0 Å². The van der Waals surface area contributed by atoms with Gasteiger partial charge in [0, 0.05) is 5.56 Å². The van der Waals surface area contributed by atoms with Crippen LogP contribution in [-0.2, 0) is 0 Å². The average Bonchev–Trinajstić information content (AvgIpc) is 2.98. The van der Waals surface area contributed by atoms with Crippen LogP contribution in [0.4, 0.5) is 4.39 Å². The fourth-order valence-electron chi connectivity index (χ4n) is 9.20. The lowest BCUT2D eigenvalue weighted by molar-refractivity contribution is 0.155. The Morgan fingerprint density at radius 2 is 1.32 bits per heavy atom. The van der Waals surface area contributed by atoms with Crippen LogP contribution in [0.5, 0.6) is 0 Å². The van der Waals surface area contributed by atoms with Crippen LogP contribution in [0.15, 0.2) is 24.3 Å². The largest absolute Gasteiger partial charge is 0.206 e. The Labute approximate surface area is 234 Å². The molecule has 1 atom stereocenters. The monoisotopic (exact) mass is 520 g/mol. The zero-order valence-electron chi connectivity index (χ0n) is 24.9. The second kappa shape index (κ2) is 14.0. The maximum Gasteiger partial charge on any atom is 0.130 e. The number of rotatable bonds is 9. The lowest BCUT2D eigenvalue weighted by atomic mass is 9.68. The molecule has 5 rings (SSSR count). The number of unbranched alkanes of at least 4 members (excludes halogenated alkanes) is 2. The molecule has 0 aromatic heterocycles. The summed E-state index contributed by atoms with van der Waals surface area (Å²) >= 11 is 0. The predicted octanol–water partition coefficient (Wildman–Crippen LogP) is 11.9. The van der Waals surface area contributed by atoms with Crippen LogP contribution in [0.2, 0.25) is 0 Å². The second-order valence-corrected chi connectivity index (χ2v) is 14.1. The highest BCUT2D eigenvalue weighted by molar-refractivity contribution is 5.67. The van der Waals surface area contributed by atoms with E-state index in [0.29, 0.717) is 5.92 Å². The standard InChI is InChI=1S/C37H57F/c1-3-5-6-7-28-10-14-30(15-11-28)31-16-18-33(19-17-31)35-24-25-36(37(38)26-35)34-22-20-32(21-23-34)29-12-8-27(4-2)9-13-29/h22,24-33H,3-21,23H2,1-2H3. The van der Waals surface area contributed by atoms with Gasteiger partial charge in [-0.2, -0.15) is 0 Å². The summed E-state index contributed by atoms with van der Waals surface area (Å²) in [6.45, 7) is 4.67. The molecule has 0 N–H and O–H groups in total. The molecule has 0 heterocycles. The maximum absolute atomic E-state index is 15.4. The first-order valence-electron chi connectivity index (χ1n) is 17.1. The lowest BCUT2D eigenvalue weighted by Gasteiger charge is -2.38. The minimum Gasteiger partial charge on any atom is -0.206 e. The number of hydrogen-bond donors (Lipinski definition) is 0. The molecule has 4 aliphatic carbocycles. The van der Waals surface area contributed by atoms with E-state index in [1.165, 1.54) is 133 Å². The molecule has 0 bridgehead atoms. The Hall–Kier alpha value is -1.11. The van der Waals surface area contributed by atoms with Crippen molar-refractivity contribution in [2.45, 2.75) is 148 Å². The average molecular weight is 521 g/mol. The first-order chi connectivity index (χ1) is 18.6. The van der Waals surface area contributed by atoms with E-state index in [4.69, 9.17) is 0 Å². The molecule has 1 unspecified atom stereocenters. The van der Waals surface area contributed by atoms with Gasteiger partial charge < -0.3 is 0 Å². The van der Waals surface area contributed by atoms with Crippen LogP contribution in [0, 0.1) is 41.3 Å². The van der Waals surface area contributed by atoms with E-state index in [9.17, 15) is 0 Å². The van der Waals surface area contributed by atoms with E-state index in [1.54, 1.807) is 0 Å². The first kappa shape index (κ1) is 28.4. The molecule has 4 aliphatic rings. The molecule has 0 amide bonds. The Kier molecular flexibility index (Phi) is 10.5. The second-order valence-electron chi connectivity index (χ2n) is 14.1. The smallest absolute Gasteiger partial charge is 0.130 e. The van der Waals surface area contributed by atoms with Crippen molar-refractivity contribution in [3.63, 3.8) is 0 Å². The van der Waals surface area contributed by atoms with E-state index >= 15 is 4.39 Å². The van der Waals surface area contributed by atoms with Crippen molar-refractivity contribution in [3.8, 4) is 0 Å². The predicted molar refractivity (Wildman–Crippen MR) is 162 cm³/mol. The molecule has 3 fully saturated rings. The summed E-state index contributed by atoms with van der Waals surface area (Å²) in [5, 5.41) is 0. The number of hydrogen-bond acceptors (Lipinski definition) is 0. The van der Waals surface area contributed by atoms with Crippen LogP contribution in [0.1, 0.15) is 159 Å². The van der Waals surface area contributed by atoms with E-state index in [0.717, 1.165) is 47.5 Å². The van der Waals surface area contributed by atoms with Gasteiger partial charge in [-0.05, 0) is 129 Å². The van der Waals surface area contributed by atoms with E-state index in [2.05, 4.69) is 32.1 Å². The summed E-state index contributed by atoms with van der Waals surface area (Å²) in [6.07, 6.45) is 29.9. The van der Waals surface area contributed by atoms with Gasteiger partial charge in [-0.25, -0.2) is 4.39 Å². The quantitative estimate of drug-likeness (QED) is 0.284. The highest BCUT2D eigenvalue weighted by atomic mass is 19.1. The molecule has 0 spiro atoms. The number of halogens is 1. The maximum atomic E-state index is 15.4. The molecule has 212 valence electrons. The van der Waals surface area contributed by atoms with Gasteiger partial charge in [0.2, 0.25) is 0 Å². The van der Waals surface area contributed by atoms with Crippen molar-refractivity contribution in [1.82, 2.24) is 0 Å².